The van der Waals surface area contributed by atoms with Gasteiger partial charge in [-0.3, -0.25) is 4.90 Å². The van der Waals surface area contributed by atoms with Crippen LogP contribution in [-0.4, -0.2) is 43.4 Å². The molecule has 0 saturated carbocycles. The molecule has 0 aliphatic heterocycles. The van der Waals surface area contributed by atoms with E-state index in [9.17, 15) is 5.11 Å². The zero-order valence-electron chi connectivity index (χ0n) is 11.6. The Hall–Kier alpha value is -1.26. The number of phenolic OH excluding ortho intramolecular Hbond substituents is 1. The van der Waals surface area contributed by atoms with Crippen LogP contribution in [0.4, 0.5) is 0 Å². The fourth-order valence-electron chi connectivity index (χ4n) is 1.62. The number of hydrogen-bond donors (Lipinski definition) is 1. The Bertz CT molecular complexity index is 366. The van der Waals surface area contributed by atoms with Crippen molar-refractivity contribution >= 4 is 0 Å². The number of likely N-dealkylation sites (N-methyl/N-ethyl adjacent to an activating group) is 1. The minimum Gasteiger partial charge on any atom is -0.507 e. The summed E-state index contributed by atoms with van der Waals surface area (Å²) in [6.07, 6.45) is 0.257. The molecule has 0 aliphatic carbocycles. The van der Waals surface area contributed by atoms with E-state index in [-0.39, 0.29) is 11.9 Å². The summed E-state index contributed by atoms with van der Waals surface area (Å²) >= 11 is 0. The van der Waals surface area contributed by atoms with Crippen molar-refractivity contribution in [2.75, 3.05) is 27.3 Å². The maximum absolute atomic E-state index is 9.85. The van der Waals surface area contributed by atoms with Gasteiger partial charge < -0.3 is 14.6 Å². The molecule has 0 amide bonds. The molecule has 0 bridgehead atoms. The highest BCUT2D eigenvalue weighted by Crippen LogP contribution is 2.24. The first-order chi connectivity index (χ1) is 8.52. The molecule has 0 atom stereocenters. The second-order valence-electron chi connectivity index (χ2n) is 4.65. The molecule has 4 heteroatoms. The molecular formula is C14H23NO3. The summed E-state index contributed by atoms with van der Waals surface area (Å²) in [4.78, 5) is 2.11. The Morgan fingerprint density at radius 2 is 2.06 bits per heavy atom. The molecule has 0 aromatic heterocycles. The number of benzene rings is 1. The van der Waals surface area contributed by atoms with E-state index in [0.717, 1.165) is 12.1 Å². The van der Waals surface area contributed by atoms with Gasteiger partial charge in [-0.1, -0.05) is 6.07 Å². The molecule has 1 aromatic rings. The number of ether oxygens (including phenoxy) is 2. The van der Waals surface area contributed by atoms with Crippen LogP contribution in [0.3, 0.4) is 0 Å². The highest BCUT2D eigenvalue weighted by molar-refractivity contribution is 5.39. The summed E-state index contributed by atoms with van der Waals surface area (Å²) in [6.45, 7) is 6.27. The Kier molecular flexibility index (Phi) is 5.95. The molecular weight excluding hydrogens is 230 g/mol. The van der Waals surface area contributed by atoms with Crippen LogP contribution < -0.4 is 4.74 Å². The fourth-order valence-corrected chi connectivity index (χ4v) is 1.62. The SMILES string of the molecule is COc1ccc(CN(C)CCOC(C)C)c(O)c1. The first-order valence-corrected chi connectivity index (χ1v) is 6.19. The van der Waals surface area contributed by atoms with Gasteiger partial charge in [-0.15, -0.1) is 0 Å². The Morgan fingerprint density at radius 3 is 2.61 bits per heavy atom. The quantitative estimate of drug-likeness (QED) is 0.809. The molecule has 0 saturated heterocycles. The lowest BCUT2D eigenvalue weighted by Gasteiger charge is -2.18. The van der Waals surface area contributed by atoms with Crippen molar-refractivity contribution in [3.05, 3.63) is 23.8 Å². The average molecular weight is 253 g/mol. The van der Waals surface area contributed by atoms with E-state index in [1.54, 1.807) is 13.2 Å². The Morgan fingerprint density at radius 1 is 1.33 bits per heavy atom. The van der Waals surface area contributed by atoms with E-state index in [0.29, 0.717) is 18.9 Å². The minimum absolute atomic E-state index is 0.257. The lowest BCUT2D eigenvalue weighted by molar-refractivity contribution is 0.0626. The van der Waals surface area contributed by atoms with Gasteiger partial charge in [-0.05, 0) is 27.0 Å². The maximum atomic E-state index is 9.85. The maximum Gasteiger partial charge on any atom is 0.123 e. The van der Waals surface area contributed by atoms with Crippen molar-refractivity contribution in [1.29, 1.82) is 0 Å². The Balaban J connectivity index is 2.46. The first kappa shape index (κ1) is 14.8. The lowest BCUT2D eigenvalue weighted by atomic mass is 10.2. The summed E-state index contributed by atoms with van der Waals surface area (Å²) in [5, 5.41) is 9.85. The van der Waals surface area contributed by atoms with Gasteiger partial charge in [-0.2, -0.15) is 0 Å². The number of phenols is 1. The first-order valence-electron chi connectivity index (χ1n) is 6.19. The van der Waals surface area contributed by atoms with Crippen LogP contribution in [0.2, 0.25) is 0 Å². The minimum atomic E-state index is 0.257. The second kappa shape index (κ2) is 7.24. The van der Waals surface area contributed by atoms with E-state index in [1.165, 1.54) is 0 Å². The topological polar surface area (TPSA) is 41.9 Å². The van der Waals surface area contributed by atoms with Crippen molar-refractivity contribution in [1.82, 2.24) is 4.90 Å². The molecule has 0 fully saturated rings. The zero-order chi connectivity index (χ0) is 13.5. The van der Waals surface area contributed by atoms with Crippen LogP contribution in [0, 0.1) is 0 Å². The standard InChI is InChI=1S/C14H23NO3/c1-11(2)18-8-7-15(3)10-12-5-6-13(17-4)9-14(12)16/h5-6,9,11,16H,7-8,10H2,1-4H3. The molecule has 1 aromatic carbocycles. The summed E-state index contributed by atoms with van der Waals surface area (Å²) < 4.78 is 10.5. The zero-order valence-corrected chi connectivity index (χ0v) is 11.6. The van der Waals surface area contributed by atoms with Crippen LogP contribution in [-0.2, 0) is 11.3 Å². The number of hydrogen-bond acceptors (Lipinski definition) is 4. The number of nitrogens with zero attached hydrogens (tertiary/aromatic N) is 1. The molecule has 18 heavy (non-hydrogen) atoms. The molecule has 102 valence electrons. The van der Waals surface area contributed by atoms with Gasteiger partial charge in [0.15, 0.2) is 0 Å². The smallest absolute Gasteiger partial charge is 0.123 e. The normalized spacial score (nSPS) is 11.2. The van der Waals surface area contributed by atoms with Crippen LogP contribution in [0.5, 0.6) is 11.5 Å². The lowest BCUT2D eigenvalue weighted by Crippen LogP contribution is -2.24. The fraction of sp³-hybridized carbons (Fsp3) is 0.571. The summed E-state index contributed by atoms with van der Waals surface area (Å²) in [5.74, 6) is 0.938. The summed E-state index contributed by atoms with van der Waals surface area (Å²) in [7, 11) is 3.59. The third-order valence-corrected chi connectivity index (χ3v) is 2.66. The number of aromatic hydroxyl groups is 1. The molecule has 4 nitrogen and oxygen atoms in total. The molecule has 1 rings (SSSR count). The molecule has 0 heterocycles. The molecule has 0 spiro atoms. The van der Waals surface area contributed by atoms with Gasteiger partial charge in [-0.25, -0.2) is 0 Å². The predicted octanol–water partition coefficient (Wildman–Crippen LogP) is 2.26. The molecule has 0 aliphatic rings. The van der Waals surface area contributed by atoms with Crippen LogP contribution in [0.15, 0.2) is 18.2 Å². The second-order valence-corrected chi connectivity index (χ2v) is 4.65. The van der Waals surface area contributed by atoms with Crippen molar-refractivity contribution in [2.45, 2.75) is 26.5 Å². The van der Waals surface area contributed by atoms with E-state index in [1.807, 2.05) is 33.0 Å². The largest absolute Gasteiger partial charge is 0.507 e. The molecule has 1 N–H and O–H groups in total. The highest BCUT2D eigenvalue weighted by Gasteiger charge is 2.06. The van der Waals surface area contributed by atoms with Crippen LogP contribution in [0.25, 0.3) is 0 Å². The van der Waals surface area contributed by atoms with Crippen molar-refractivity contribution in [3.8, 4) is 11.5 Å². The van der Waals surface area contributed by atoms with Crippen LogP contribution in [0.1, 0.15) is 19.4 Å². The molecule has 0 unspecified atom stereocenters. The van der Waals surface area contributed by atoms with E-state index >= 15 is 0 Å². The van der Waals surface area contributed by atoms with Crippen molar-refractivity contribution in [2.24, 2.45) is 0 Å². The Labute approximate surface area is 109 Å². The monoisotopic (exact) mass is 253 g/mol. The number of methoxy groups -OCH3 is 1. The van der Waals surface area contributed by atoms with Gasteiger partial charge in [0.25, 0.3) is 0 Å². The van der Waals surface area contributed by atoms with Crippen molar-refractivity contribution in [3.63, 3.8) is 0 Å². The van der Waals surface area contributed by atoms with E-state index < -0.39 is 0 Å². The third-order valence-electron chi connectivity index (χ3n) is 2.66. The number of rotatable bonds is 7. The summed E-state index contributed by atoms with van der Waals surface area (Å²) in [5.41, 5.74) is 0.892. The van der Waals surface area contributed by atoms with Gasteiger partial charge in [0.1, 0.15) is 11.5 Å². The van der Waals surface area contributed by atoms with Gasteiger partial charge >= 0.3 is 0 Å². The van der Waals surface area contributed by atoms with E-state index in [4.69, 9.17) is 9.47 Å². The highest BCUT2D eigenvalue weighted by atomic mass is 16.5. The van der Waals surface area contributed by atoms with Gasteiger partial charge in [0.2, 0.25) is 0 Å². The molecule has 0 radical (unpaired) electrons. The van der Waals surface area contributed by atoms with Gasteiger partial charge in [0, 0.05) is 24.7 Å². The third kappa shape index (κ3) is 4.94. The van der Waals surface area contributed by atoms with E-state index in [2.05, 4.69) is 4.90 Å². The van der Waals surface area contributed by atoms with Gasteiger partial charge in [0.05, 0.1) is 19.8 Å². The predicted molar refractivity (Wildman–Crippen MR) is 72.1 cm³/mol. The van der Waals surface area contributed by atoms with Crippen LogP contribution >= 0.6 is 0 Å². The van der Waals surface area contributed by atoms with Crippen molar-refractivity contribution < 1.29 is 14.6 Å². The average Bonchev–Trinajstić information content (AvgIpc) is 2.31. The summed E-state index contributed by atoms with van der Waals surface area (Å²) in [6, 6.07) is 5.37.